The van der Waals surface area contributed by atoms with Crippen molar-refractivity contribution >= 4 is 23.2 Å². The van der Waals surface area contributed by atoms with Crippen LogP contribution in [0.5, 0.6) is 11.5 Å². The largest absolute Gasteiger partial charge is 0.492 e. The summed E-state index contributed by atoms with van der Waals surface area (Å²) in [5.74, 6) is 0.329. The van der Waals surface area contributed by atoms with Crippen molar-refractivity contribution in [1.82, 2.24) is 0 Å². The predicted octanol–water partition coefficient (Wildman–Crippen LogP) is 2.32. The van der Waals surface area contributed by atoms with Gasteiger partial charge in [0.05, 0.1) is 29.6 Å². The fourth-order valence-corrected chi connectivity index (χ4v) is 2.64. The third-order valence-corrected chi connectivity index (χ3v) is 3.79. The number of nitriles is 1. The van der Waals surface area contributed by atoms with Crippen LogP contribution in [0.25, 0.3) is 0 Å². The van der Waals surface area contributed by atoms with Crippen molar-refractivity contribution < 1.29 is 19.1 Å². The average Bonchev–Trinajstić information content (AvgIpc) is 2.65. The van der Waals surface area contributed by atoms with E-state index in [0.717, 1.165) is 0 Å². The van der Waals surface area contributed by atoms with E-state index in [-0.39, 0.29) is 19.1 Å². The van der Waals surface area contributed by atoms with Crippen molar-refractivity contribution in [3.05, 3.63) is 48.0 Å². The fraction of sp³-hybridized carbons (Fsp3) is 0.211. The number of nitrogens with zero attached hydrogens (tertiary/aromatic N) is 2. The number of nitrogens with one attached hydrogen (secondary N) is 1. The molecule has 26 heavy (non-hydrogen) atoms. The van der Waals surface area contributed by atoms with Crippen LogP contribution in [0.4, 0.5) is 11.4 Å². The van der Waals surface area contributed by atoms with E-state index < -0.39 is 5.91 Å². The van der Waals surface area contributed by atoms with Crippen LogP contribution in [0.3, 0.4) is 0 Å². The summed E-state index contributed by atoms with van der Waals surface area (Å²) in [5.41, 5.74) is 1.34. The van der Waals surface area contributed by atoms with Crippen molar-refractivity contribution in [2.45, 2.75) is 6.92 Å². The van der Waals surface area contributed by atoms with Gasteiger partial charge >= 0.3 is 0 Å². The summed E-state index contributed by atoms with van der Waals surface area (Å²) < 4.78 is 10.8. The highest BCUT2D eigenvalue weighted by Crippen LogP contribution is 2.31. The highest BCUT2D eigenvalue weighted by Gasteiger charge is 2.27. The summed E-state index contributed by atoms with van der Waals surface area (Å²) in [6.07, 6.45) is 0. The van der Waals surface area contributed by atoms with E-state index in [0.29, 0.717) is 35.0 Å². The topological polar surface area (TPSA) is 91.7 Å². The number of fused-ring (bicyclic) bond motifs is 1. The van der Waals surface area contributed by atoms with Gasteiger partial charge in [-0.2, -0.15) is 5.26 Å². The summed E-state index contributed by atoms with van der Waals surface area (Å²) >= 11 is 0. The number of benzene rings is 2. The molecule has 1 aliphatic rings. The second kappa shape index (κ2) is 7.57. The molecule has 1 heterocycles. The lowest BCUT2D eigenvalue weighted by Crippen LogP contribution is -2.43. The molecular formula is C19H17N3O4. The molecule has 0 atom stereocenters. The lowest BCUT2D eigenvalue weighted by molar-refractivity contribution is -0.123. The molecule has 0 bridgehead atoms. The van der Waals surface area contributed by atoms with Gasteiger partial charge in [-0.1, -0.05) is 12.1 Å². The van der Waals surface area contributed by atoms with Crippen LogP contribution in [-0.2, 0) is 9.59 Å². The maximum Gasteiger partial charge on any atom is 0.265 e. The number of carbonyl (C=O) groups excluding carboxylic acids is 2. The zero-order valence-electron chi connectivity index (χ0n) is 14.2. The number of amides is 2. The van der Waals surface area contributed by atoms with E-state index in [9.17, 15) is 9.59 Å². The van der Waals surface area contributed by atoms with Gasteiger partial charge in [0.2, 0.25) is 5.91 Å². The molecule has 0 unspecified atom stereocenters. The number of hydrogen-bond donors (Lipinski definition) is 1. The normalized spacial score (nSPS) is 12.6. The molecule has 0 saturated heterocycles. The zero-order chi connectivity index (χ0) is 18.5. The molecule has 3 rings (SSSR count). The number of ether oxygens (including phenoxy) is 2. The van der Waals surface area contributed by atoms with Gasteiger partial charge in [-0.15, -0.1) is 0 Å². The summed E-state index contributed by atoms with van der Waals surface area (Å²) in [5, 5.41) is 11.8. The first-order valence-electron chi connectivity index (χ1n) is 8.11. The first-order chi connectivity index (χ1) is 12.6. The number of anilines is 2. The van der Waals surface area contributed by atoms with E-state index >= 15 is 0 Å². The highest BCUT2D eigenvalue weighted by atomic mass is 16.5. The van der Waals surface area contributed by atoms with E-state index in [2.05, 4.69) is 5.32 Å². The van der Waals surface area contributed by atoms with Crippen LogP contribution >= 0.6 is 0 Å². The Morgan fingerprint density at radius 3 is 2.92 bits per heavy atom. The Morgan fingerprint density at radius 2 is 2.15 bits per heavy atom. The Kier molecular flexibility index (Phi) is 5.04. The van der Waals surface area contributed by atoms with Crippen LogP contribution in [0.15, 0.2) is 42.5 Å². The second-order valence-electron chi connectivity index (χ2n) is 5.54. The molecular weight excluding hydrogens is 334 g/mol. The third kappa shape index (κ3) is 3.59. The van der Waals surface area contributed by atoms with Gasteiger partial charge in [0, 0.05) is 0 Å². The van der Waals surface area contributed by atoms with Gasteiger partial charge < -0.3 is 14.8 Å². The molecule has 0 saturated carbocycles. The molecule has 2 aromatic carbocycles. The smallest absolute Gasteiger partial charge is 0.265 e. The van der Waals surface area contributed by atoms with E-state index in [1.807, 2.05) is 13.0 Å². The van der Waals surface area contributed by atoms with Gasteiger partial charge in [0.15, 0.2) is 6.61 Å². The standard InChI is InChI=1S/C19H17N3O4/c1-2-25-16-8-7-13(10-20)9-14(16)21-18(23)11-22-15-5-3-4-6-17(15)26-12-19(22)24/h3-9H,2,11-12H2,1H3,(H,21,23). The number of para-hydroxylation sites is 2. The van der Waals surface area contributed by atoms with Crippen LogP contribution < -0.4 is 19.7 Å². The third-order valence-electron chi connectivity index (χ3n) is 3.79. The van der Waals surface area contributed by atoms with E-state index in [4.69, 9.17) is 14.7 Å². The van der Waals surface area contributed by atoms with Crippen LogP contribution in [0, 0.1) is 11.3 Å². The summed E-state index contributed by atoms with van der Waals surface area (Å²) in [4.78, 5) is 26.1. The lowest BCUT2D eigenvalue weighted by Gasteiger charge is -2.28. The first-order valence-corrected chi connectivity index (χ1v) is 8.11. The molecule has 1 aliphatic heterocycles. The molecule has 0 aromatic heterocycles. The van der Waals surface area contributed by atoms with Gasteiger partial charge in [0.1, 0.15) is 18.0 Å². The maximum absolute atomic E-state index is 12.5. The Balaban J connectivity index is 1.80. The lowest BCUT2D eigenvalue weighted by atomic mass is 10.2. The molecule has 0 aliphatic carbocycles. The molecule has 2 amide bonds. The van der Waals surface area contributed by atoms with E-state index in [1.165, 1.54) is 11.0 Å². The Morgan fingerprint density at radius 1 is 1.35 bits per heavy atom. The van der Waals surface area contributed by atoms with Gasteiger partial charge in [-0.25, -0.2) is 0 Å². The maximum atomic E-state index is 12.5. The second-order valence-corrected chi connectivity index (χ2v) is 5.54. The zero-order valence-corrected chi connectivity index (χ0v) is 14.2. The summed E-state index contributed by atoms with van der Waals surface area (Å²) in [6, 6.07) is 13.9. The quantitative estimate of drug-likeness (QED) is 0.892. The number of hydrogen-bond acceptors (Lipinski definition) is 5. The molecule has 7 heteroatoms. The molecule has 1 N–H and O–H groups in total. The van der Waals surface area contributed by atoms with Crippen molar-refractivity contribution in [2.75, 3.05) is 30.0 Å². The fourth-order valence-electron chi connectivity index (χ4n) is 2.64. The minimum absolute atomic E-state index is 0.113. The Bertz CT molecular complexity index is 889. The molecule has 0 radical (unpaired) electrons. The minimum Gasteiger partial charge on any atom is -0.492 e. The molecule has 0 spiro atoms. The van der Waals surface area contributed by atoms with Gasteiger partial charge in [0.25, 0.3) is 5.91 Å². The molecule has 2 aromatic rings. The minimum atomic E-state index is -0.397. The number of rotatable bonds is 5. The van der Waals surface area contributed by atoms with Gasteiger partial charge in [-0.05, 0) is 37.3 Å². The average molecular weight is 351 g/mol. The predicted molar refractivity (Wildman–Crippen MR) is 95.2 cm³/mol. The highest BCUT2D eigenvalue weighted by molar-refractivity contribution is 6.05. The monoisotopic (exact) mass is 351 g/mol. The Hall–Kier alpha value is -3.53. The first kappa shape index (κ1) is 17.3. The van der Waals surface area contributed by atoms with Crippen LogP contribution in [0.2, 0.25) is 0 Å². The van der Waals surface area contributed by atoms with Crippen molar-refractivity contribution in [2.24, 2.45) is 0 Å². The summed E-state index contributed by atoms with van der Waals surface area (Å²) in [7, 11) is 0. The summed E-state index contributed by atoms with van der Waals surface area (Å²) in [6.45, 7) is 1.97. The Labute approximate surface area is 150 Å². The molecule has 0 fully saturated rings. The van der Waals surface area contributed by atoms with Crippen molar-refractivity contribution in [3.63, 3.8) is 0 Å². The molecule has 132 valence electrons. The van der Waals surface area contributed by atoms with Crippen molar-refractivity contribution in [1.29, 1.82) is 5.26 Å². The number of carbonyl (C=O) groups is 2. The van der Waals surface area contributed by atoms with Crippen LogP contribution in [-0.4, -0.2) is 31.6 Å². The van der Waals surface area contributed by atoms with Gasteiger partial charge in [-0.3, -0.25) is 14.5 Å². The van der Waals surface area contributed by atoms with Crippen molar-refractivity contribution in [3.8, 4) is 17.6 Å². The SMILES string of the molecule is CCOc1ccc(C#N)cc1NC(=O)CN1C(=O)COc2ccccc21. The van der Waals surface area contributed by atoms with E-state index in [1.54, 1.807) is 36.4 Å². The molecule has 7 nitrogen and oxygen atoms in total. The van der Waals surface area contributed by atoms with Crippen LogP contribution in [0.1, 0.15) is 12.5 Å².